The lowest BCUT2D eigenvalue weighted by atomic mass is 10.2. The number of nitrogens with one attached hydrogen (secondary N) is 1. The van der Waals surface area contributed by atoms with Crippen molar-refractivity contribution in [1.29, 1.82) is 0 Å². The molecule has 114 valence electrons. The third-order valence-corrected chi connectivity index (χ3v) is 3.61. The zero-order valence-corrected chi connectivity index (χ0v) is 12.3. The molecular formula is C14H16F2N2O2S. The Morgan fingerprint density at radius 2 is 2.19 bits per heavy atom. The van der Waals surface area contributed by atoms with E-state index in [-0.39, 0.29) is 5.75 Å². The summed E-state index contributed by atoms with van der Waals surface area (Å²) in [5, 5.41) is 6.25. The summed E-state index contributed by atoms with van der Waals surface area (Å²) in [6, 6.07) is 4.99. The third-order valence-electron chi connectivity index (χ3n) is 2.77. The molecule has 1 heterocycles. The Morgan fingerprint density at radius 3 is 2.86 bits per heavy atom. The minimum absolute atomic E-state index is 0.0479. The lowest BCUT2D eigenvalue weighted by Gasteiger charge is -2.12. The molecule has 0 saturated carbocycles. The normalized spacial score (nSPS) is 10.9. The van der Waals surface area contributed by atoms with Crippen LogP contribution in [-0.4, -0.2) is 25.3 Å². The van der Waals surface area contributed by atoms with Crippen LogP contribution in [0.4, 0.5) is 8.78 Å². The van der Waals surface area contributed by atoms with Crippen LogP contribution in [0.25, 0.3) is 0 Å². The number of hydrogen-bond donors (Lipinski definition) is 1. The number of benzene rings is 1. The van der Waals surface area contributed by atoms with Crippen LogP contribution in [0.2, 0.25) is 0 Å². The largest absolute Gasteiger partial charge is 0.493 e. The van der Waals surface area contributed by atoms with Gasteiger partial charge in [-0.05, 0) is 17.7 Å². The second kappa shape index (κ2) is 7.90. The fraction of sp³-hybridized carbons (Fsp3) is 0.357. The molecule has 0 spiro atoms. The first-order valence-electron chi connectivity index (χ1n) is 6.40. The molecule has 4 nitrogen and oxygen atoms in total. The van der Waals surface area contributed by atoms with Gasteiger partial charge in [0.15, 0.2) is 11.5 Å². The van der Waals surface area contributed by atoms with Crippen LogP contribution in [0.3, 0.4) is 0 Å². The highest BCUT2D eigenvalue weighted by molar-refractivity contribution is 7.09. The topological polar surface area (TPSA) is 43.4 Å². The van der Waals surface area contributed by atoms with E-state index in [1.807, 2.05) is 11.4 Å². The second-order valence-corrected chi connectivity index (χ2v) is 5.20. The van der Waals surface area contributed by atoms with Crippen molar-refractivity contribution in [3.63, 3.8) is 0 Å². The Kier molecular flexibility index (Phi) is 5.89. The van der Waals surface area contributed by atoms with Crippen LogP contribution in [0.15, 0.2) is 29.8 Å². The Balaban J connectivity index is 1.87. The van der Waals surface area contributed by atoms with Gasteiger partial charge >= 0.3 is 6.61 Å². The number of ether oxygens (including phenoxy) is 2. The average molecular weight is 314 g/mol. The van der Waals surface area contributed by atoms with Crippen LogP contribution >= 0.6 is 11.3 Å². The van der Waals surface area contributed by atoms with Gasteiger partial charge in [0.2, 0.25) is 0 Å². The smallest absolute Gasteiger partial charge is 0.387 e. The Bertz CT molecular complexity index is 550. The predicted molar refractivity (Wildman–Crippen MR) is 77.2 cm³/mol. The van der Waals surface area contributed by atoms with E-state index in [2.05, 4.69) is 15.0 Å². The number of nitrogens with zero attached hydrogens (tertiary/aromatic N) is 1. The van der Waals surface area contributed by atoms with Crippen molar-refractivity contribution in [2.24, 2.45) is 0 Å². The summed E-state index contributed by atoms with van der Waals surface area (Å²) in [5.41, 5.74) is 0.852. The van der Waals surface area contributed by atoms with Crippen molar-refractivity contribution in [3.05, 3.63) is 40.3 Å². The maximum absolute atomic E-state index is 12.3. The van der Waals surface area contributed by atoms with Crippen molar-refractivity contribution in [2.75, 3.05) is 13.7 Å². The summed E-state index contributed by atoms with van der Waals surface area (Å²) in [4.78, 5) is 4.19. The quantitative estimate of drug-likeness (QED) is 0.761. The molecule has 0 unspecified atom stereocenters. The summed E-state index contributed by atoms with van der Waals surface area (Å²) in [5.74, 6) is 0.341. The van der Waals surface area contributed by atoms with Crippen LogP contribution in [-0.2, 0) is 13.0 Å². The van der Waals surface area contributed by atoms with Gasteiger partial charge in [-0.2, -0.15) is 8.78 Å². The summed E-state index contributed by atoms with van der Waals surface area (Å²) in [7, 11) is 1.42. The van der Waals surface area contributed by atoms with Crippen LogP contribution in [0, 0.1) is 0 Å². The standard InChI is InChI=1S/C14H16F2N2O2S/c1-19-11-3-2-10(8-12(11)20-14(15)16)9-17-5-4-13-18-6-7-21-13/h2-3,6-8,14,17H,4-5,9H2,1H3. The Hall–Kier alpha value is -1.73. The number of alkyl halides is 2. The van der Waals surface area contributed by atoms with Crippen molar-refractivity contribution in [1.82, 2.24) is 10.3 Å². The van der Waals surface area contributed by atoms with Gasteiger partial charge in [-0.3, -0.25) is 0 Å². The lowest BCUT2D eigenvalue weighted by Crippen LogP contribution is -2.16. The number of methoxy groups -OCH3 is 1. The van der Waals surface area contributed by atoms with E-state index in [4.69, 9.17) is 4.74 Å². The zero-order valence-electron chi connectivity index (χ0n) is 11.5. The Morgan fingerprint density at radius 1 is 1.33 bits per heavy atom. The first-order chi connectivity index (χ1) is 10.2. The summed E-state index contributed by atoms with van der Waals surface area (Å²) >= 11 is 1.61. The van der Waals surface area contributed by atoms with Gasteiger partial charge in [-0.25, -0.2) is 4.98 Å². The van der Waals surface area contributed by atoms with Crippen LogP contribution in [0.1, 0.15) is 10.6 Å². The van der Waals surface area contributed by atoms with Gasteiger partial charge in [0.25, 0.3) is 0 Å². The van der Waals surface area contributed by atoms with Crippen molar-refractivity contribution in [2.45, 2.75) is 19.6 Å². The van der Waals surface area contributed by atoms with E-state index in [0.717, 1.165) is 23.5 Å². The first-order valence-corrected chi connectivity index (χ1v) is 7.28. The molecule has 7 heteroatoms. The van der Waals surface area contributed by atoms with Crippen LogP contribution < -0.4 is 14.8 Å². The van der Waals surface area contributed by atoms with E-state index < -0.39 is 6.61 Å². The molecule has 0 amide bonds. The maximum Gasteiger partial charge on any atom is 0.387 e. The number of halogens is 2. The fourth-order valence-corrected chi connectivity index (χ4v) is 2.44. The number of rotatable bonds is 8. The molecule has 0 radical (unpaired) electrons. The van der Waals surface area contributed by atoms with Crippen LogP contribution in [0.5, 0.6) is 11.5 Å². The zero-order chi connectivity index (χ0) is 15.1. The lowest BCUT2D eigenvalue weighted by molar-refractivity contribution is -0.0512. The minimum Gasteiger partial charge on any atom is -0.493 e. The first kappa shape index (κ1) is 15.7. The van der Waals surface area contributed by atoms with E-state index in [1.54, 1.807) is 29.7 Å². The highest BCUT2D eigenvalue weighted by atomic mass is 32.1. The van der Waals surface area contributed by atoms with Gasteiger partial charge in [0, 0.05) is 31.1 Å². The highest BCUT2D eigenvalue weighted by Crippen LogP contribution is 2.29. The highest BCUT2D eigenvalue weighted by Gasteiger charge is 2.11. The number of aromatic nitrogens is 1. The Labute approximate surface area is 125 Å². The van der Waals surface area contributed by atoms with E-state index >= 15 is 0 Å². The minimum atomic E-state index is -2.87. The molecule has 2 aromatic rings. The molecule has 0 saturated heterocycles. The van der Waals surface area contributed by atoms with Crippen molar-refractivity contribution in [3.8, 4) is 11.5 Å². The monoisotopic (exact) mass is 314 g/mol. The summed E-state index contributed by atoms with van der Waals surface area (Å²) < 4.78 is 34.1. The van der Waals surface area contributed by atoms with Gasteiger partial charge in [-0.1, -0.05) is 6.07 Å². The molecule has 0 aliphatic carbocycles. The molecular weight excluding hydrogens is 298 g/mol. The molecule has 2 rings (SSSR count). The van der Waals surface area contributed by atoms with Gasteiger partial charge < -0.3 is 14.8 Å². The second-order valence-electron chi connectivity index (χ2n) is 4.22. The predicted octanol–water partition coefficient (Wildman–Crippen LogP) is 3.09. The third kappa shape index (κ3) is 4.95. The van der Waals surface area contributed by atoms with Gasteiger partial charge in [0.05, 0.1) is 12.1 Å². The fourth-order valence-electron chi connectivity index (χ4n) is 1.82. The molecule has 21 heavy (non-hydrogen) atoms. The molecule has 1 aromatic carbocycles. The van der Waals surface area contributed by atoms with E-state index in [9.17, 15) is 8.78 Å². The van der Waals surface area contributed by atoms with Gasteiger partial charge in [-0.15, -0.1) is 11.3 Å². The summed E-state index contributed by atoms with van der Waals surface area (Å²) in [6.07, 6.45) is 2.62. The number of thiazole rings is 1. The maximum atomic E-state index is 12.3. The molecule has 1 aromatic heterocycles. The SMILES string of the molecule is COc1ccc(CNCCc2nccs2)cc1OC(F)F. The van der Waals surface area contributed by atoms with Crippen molar-refractivity contribution < 1.29 is 18.3 Å². The molecule has 1 N–H and O–H groups in total. The number of hydrogen-bond acceptors (Lipinski definition) is 5. The van der Waals surface area contributed by atoms with E-state index in [1.165, 1.54) is 7.11 Å². The van der Waals surface area contributed by atoms with Gasteiger partial charge in [0.1, 0.15) is 0 Å². The van der Waals surface area contributed by atoms with E-state index in [0.29, 0.717) is 12.3 Å². The molecule has 0 aliphatic heterocycles. The average Bonchev–Trinajstić information content (AvgIpc) is 2.96. The molecule has 0 bridgehead atoms. The molecule has 0 atom stereocenters. The van der Waals surface area contributed by atoms with Crippen molar-refractivity contribution >= 4 is 11.3 Å². The molecule has 0 fully saturated rings. The molecule has 0 aliphatic rings. The summed E-state index contributed by atoms with van der Waals surface area (Å²) in [6.45, 7) is -1.54.